The summed E-state index contributed by atoms with van der Waals surface area (Å²) in [7, 11) is 7.93. The van der Waals surface area contributed by atoms with Gasteiger partial charge in [0, 0.05) is 25.2 Å². The minimum atomic E-state index is -0.726. The normalized spacial score (nSPS) is 21.6. The molecule has 11 nitrogen and oxygen atoms in total. The number of hydrogen-bond acceptors (Lipinski definition) is 9. The third-order valence-electron chi connectivity index (χ3n) is 6.99. The molecule has 3 N–H and O–H groups in total. The molecule has 1 aliphatic carbocycles. The van der Waals surface area contributed by atoms with E-state index in [2.05, 4.69) is 30.6 Å². The predicted octanol–water partition coefficient (Wildman–Crippen LogP) is 1.44. The second-order valence-electron chi connectivity index (χ2n) is 9.87. The lowest BCUT2D eigenvalue weighted by molar-refractivity contribution is -0.154. The number of hydroxylamine groups is 2. The van der Waals surface area contributed by atoms with Gasteiger partial charge in [-0.15, -0.1) is 0 Å². The van der Waals surface area contributed by atoms with Crippen molar-refractivity contribution in [3.63, 3.8) is 0 Å². The summed E-state index contributed by atoms with van der Waals surface area (Å²) in [4.78, 5) is 37.8. The van der Waals surface area contributed by atoms with Crippen LogP contribution in [0, 0.1) is 17.7 Å². The van der Waals surface area contributed by atoms with E-state index in [4.69, 9.17) is 11.6 Å². The Morgan fingerprint density at radius 1 is 1.20 bits per heavy atom. The molecule has 0 radical (unpaired) electrons. The maximum absolute atomic E-state index is 15.4. The summed E-state index contributed by atoms with van der Waals surface area (Å²) >= 11 is 6.11. The number of nitrogens with zero attached hydrogens (tertiary/aromatic N) is 6. The van der Waals surface area contributed by atoms with Gasteiger partial charge in [0.15, 0.2) is 11.6 Å². The lowest BCUT2D eigenvalue weighted by Gasteiger charge is -2.29. The van der Waals surface area contributed by atoms with E-state index in [1.165, 1.54) is 0 Å². The Kier molecular flexibility index (Phi) is 9.45. The second kappa shape index (κ2) is 12.1. The molecule has 1 aromatic rings. The number of halogens is 2. The van der Waals surface area contributed by atoms with Gasteiger partial charge in [-0.1, -0.05) is 25.7 Å². The lowest BCUT2D eigenvalue weighted by Crippen LogP contribution is -2.45. The summed E-state index contributed by atoms with van der Waals surface area (Å²) in [5, 5.41) is 9.95. The molecule has 2 heterocycles. The highest BCUT2D eigenvalue weighted by atomic mass is 35.5. The number of likely N-dealkylation sites (N-methyl/N-ethyl adjacent to an activating group) is 2. The van der Waals surface area contributed by atoms with E-state index < -0.39 is 17.6 Å². The fourth-order valence-electron chi connectivity index (χ4n) is 5.06. The van der Waals surface area contributed by atoms with Crippen LogP contribution in [0.25, 0.3) is 0 Å². The maximum Gasteiger partial charge on any atom is 0.243 e. The van der Waals surface area contributed by atoms with Crippen molar-refractivity contribution in [2.24, 2.45) is 11.8 Å². The largest absolute Gasteiger partial charge is 0.351 e. The minimum absolute atomic E-state index is 0.0583. The molecule has 0 aromatic carbocycles. The molecular weight excluding hydrogens is 479 g/mol. The van der Waals surface area contributed by atoms with Gasteiger partial charge >= 0.3 is 0 Å². The van der Waals surface area contributed by atoms with E-state index in [1.54, 1.807) is 0 Å². The van der Waals surface area contributed by atoms with E-state index in [-0.39, 0.29) is 42.0 Å². The zero-order valence-electron chi connectivity index (χ0n) is 20.7. The van der Waals surface area contributed by atoms with E-state index >= 15 is 4.39 Å². The number of anilines is 2. The van der Waals surface area contributed by atoms with Crippen molar-refractivity contribution in [3.05, 3.63) is 11.1 Å². The van der Waals surface area contributed by atoms with Gasteiger partial charge in [-0.3, -0.25) is 25.6 Å². The van der Waals surface area contributed by atoms with Crippen molar-refractivity contribution in [1.82, 2.24) is 30.3 Å². The van der Waals surface area contributed by atoms with Crippen LogP contribution in [0.3, 0.4) is 0 Å². The maximum atomic E-state index is 15.4. The summed E-state index contributed by atoms with van der Waals surface area (Å²) in [6, 6.07) is 0.315. The van der Waals surface area contributed by atoms with Crippen molar-refractivity contribution in [2.45, 2.75) is 44.2 Å². The van der Waals surface area contributed by atoms with Gasteiger partial charge < -0.3 is 14.7 Å². The van der Waals surface area contributed by atoms with Crippen LogP contribution in [-0.2, 0) is 9.59 Å². The van der Waals surface area contributed by atoms with Gasteiger partial charge in [0.05, 0.1) is 12.5 Å². The van der Waals surface area contributed by atoms with Crippen LogP contribution in [0.2, 0.25) is 5.28 Å². The summed E-state index contributed by atoms with van der Waals surface area (Å²) in [5.41, 5.74) is 5.01. The molecule has 35 heavy (non-hydrogen) atoms. The van der Waals surface area contributed by atoms with Crippen LogP contribution >= 0.6 is 11.6 Å². The highest BCUT2D eigenvalue weighted by molar-refractivity contribution is 6.28. The molecule has 1 saturated heterocycles. The number of hydrogen-bond donors (Lipinski definition) is 3. The summed E-state index contributed by atoms with van der Waals surface area (Å²) in [5.74, 6) is -1.72. The summed E-state index contributed by atoms with van der Waals surface area (Å²) in [6.07, 6.45) is 4.98. The third-order valence-corrected chi connectivity index (χ3v) is 7.16. The average Bonchev–Trinajstić information content (AvgIpc) is 3.48. The van der Waals surface area contributed by atoms with Gasteiger partial charge in [-0.2, -0.15) is 14.4 Å². The molecular formula is C22H36ClFN8O3. The highest BCUT2D eigenvalue weighted by Gasteiger charge is 2.38. The Hall–Kier alpha value is -2.28. The number of carbonyl (C=O) groups excluding carboxylic acids is 2. The Morgan fingerprint density at radius 2 is 1.80 bits per heavy atom. The Morgan fingerprint density at radius 3 is 2.34 bits per heavy atom. The summed E-state index contributed by atoms with van der Waals surface area (Å²) < 4.78 is 15.4. The van der Waals surface area contributed by atoms with Gasteiger partial charge in [0.25, 0.3) is 0 Å². The smallest absolute Gasteiger partial charge is 0.243 e. The molecule has 1 aliphatic heterocycles. The van der Waals surface area contributed by atoms with Crippen molar-refractivity contribution in [3.8, 4) is 0 Å². The molecule has 1 saturated carbocycles. The molecule has 0 bridgehead atoms. The molecule has 2 fully saturated rings. The van der Waals surface area contributed by atoms with Gasteiger partial charge in [-0.25, -0.2) is 5.06 Å². The molecule has 0 spiro atoms. The number of nitrogens with one attached hydrogen (secondary N) is 2. The molecule has 3 rings (SSSR count). The Labute approximate surface area is 210 Å². The number of amides is 2. The van der Waals surface area contributed by atoms with Crippen molar-refractivity contribution >= 4 is 35.6 Å². The van der Waals surface area contributed by atoms with Gasteiger partial charge in [0.2, 0.25) is 23.4 Å². The van der Waals surface area contributed by atoms with Crippen LogP contribution in [-0.4, -0.2) is 102 Å². The van der Waals surface area contributed by atoms with Crippen molar-refractivity contribution in [2.75, 3.05) is 58.2 Å². The highest BCUT2D eigenvalue weighted by Crippen LogP contribution is 2.31. The van der Waals surface area contributed by atoms with Crippen molar-refractivity contribution in [1.29, 1.82) is 0 Å². The van der Waals surface area contributed by atoms with Crippen LogP contribution in [0.1, 0.15) is 32.1 Å². The fourth-order valence-corrected chi connectivity index (χ4v) is 5.23. The van der Waals surface area contributed by atoms with E-state index in [0.29, 0.717) is 30.5 Å². The topological polar surface area (TPSA) is 117 Å². The van der Waals surface area contributed by atoms with Crippen LogP contribution in [0.5, 0.6) is 0 Å². The number of carbonyl (C=O) groups is 2. The summed E-state index contributed by atoms with van der Waals surface area (Å²) in [6.45, 7) is 0.943. The van der Waals surface area contributed by atoms with E-state index in [0.717, 1.165) is 25.7 Å². The first-order chi connectivity index (χ1) is 16.6. The Balaban J connectivity index is 1.73. The first-order valence-electron chi connectivity index (χ1n) is 11.9. The predicted molar refractivity (Wildman–Crippen MR) is 131 cm³/mol. The van der Waals surface area contributed by atoms with E-state index in [9.17, 15) is 14.8 Å². The zero-order chi connectivity index (χ0) is 25.7. The fraction of sp³-hybridized carbons (Fsp3) is 0.727. The molecule has 1 aromatic heterocycles. The first kappa shape index (κ1) is 27.3. The number of rotatable bonds is 11. The van der Waals surface area contributed by atoms with Crippen LogP contribution < -0.4 is 15.8 Å². The average molecular weight is 515 g/mol. The molecule has 196 valence electrons. The SMILES string of the molecule is CN(C)[C@@H]1CN(c2nc(Cl)nc(NNC(=O)[C@H](CC3CCCC3)CN(O)C=O)c2F)C[C@@H]1N(C)C. The van der Waals surface area contributed by atoms with Gasteiger partial charge in [-0.05, 0) is 52.1 Å². The van der Waals surface area contributed by atoms with Gasteiger partial charge in [0.1, 0.15) is 0 Å². The standard InChI is InChI=1S/C22H36ClFN8O3/c1-29(2)16-11-31(12-17(16)30(3)4)20-18(24)19(25-22(23)26-20)27-28-21(34)15(10-32(35)13-33)9-14-7-5-6-8-14/h13-17,35H,5-12H2,1-4H3,(H,28,34)(H,25,26,27)/t15-,16-,17+/m1/s1. The molecule has 3 atom stereocenters. The molecule has 0 unspecified atom stereocenters. The van der Waals surface area contributed by atoms with Crippen LogP contribution in [0.15, 0.2) is 0 Å². The first-order valence-corrected chi connectivity index (χ1v) is 12.3. The zero-order valence-corrected chi connectivity index (χ0v) is 21.5. The lowest BCUT2D eigenvalue weighted by atomic mass is 9.92. The van der Waals surface area contributed by atoms with Crippen molar-refractivity contribution < 1.29 is 19.2 Å². The number of hydrazine groups is 1. The van der Waals surface area contributed by atoms with E-state index in [1.807, 2.05) is 33.1 Å². The third kappa shape index (κ3) is 6.90. The Bertz CT molecular complexity index is 871. The molecule has 2 aliphatic rings. The number of aromatic nitrogens is 2. The second-order valence-corrected chi connectivity index (χ2v) is 10.2. The minimum Gasteiger partial charge on any atom is -0.351 e. The molecule has 2 amide bonds. The van der Waals surface area contributed by atoms with Crippen LogP contribution in [0.4, 0.5) is 16.0 Å². The monoisotopic (exact) mass is 514 g/mol. The quantitative estimate of drug-likeness (QED) is 0.174. The molecule has 13 heteroatoms.